The van der Waals surface area contributed by atoms with Crippen LogP contribution in [0.25, 0.3) is 21.9 Å². The van der Waals surface area contributed by atoms with Gasteiger partial charge in [-0.1, -0.05) is 96.0 Å². The summed E-state index contributed by atoms with van der Waals surface area (Å²) in [5.74, 6) is -0.289. The van der Waals surface area contributed by atoms with Gasteiger partial charge in [-0.15, -0.1) is 0 Å². The molecule has 1 amide bonds. The molecular weight excluding hydrogens is 547 g/mol. The highest BCUT2D eigenvalue weighted by molar-refractivity contribution is 6.36. The number of rotatable bonds is 8. The number of esters is 1. The molecule has 0 saturated heterocycles. The smallest absolute Gasteiger partial charge is 0.345 e. The first-order chi connectivity index (χ1) is 19.5. The summed E-state index contributed by atoms with van der Waals surface area (Å²) in [6.45, 7) is -0.228. The normalized spacial score (nSPS) is 10.9. The first-order valence-corrected chi connectivity index (χ1v) is 13.0. The molecule has 0 spiro atoms. The molecule has 0 saturated carbocycles. The molecule has 0 aliphatic heterocycles. The van der Waals surface area contributed by atoms with Crippen molar-refractivity contribution in [3.05, 3.63) is 130 Å². The van der Waals surface area contributed by atoms with Crippen LogP contribution in [0.15, 0.2) is 114 Å². The molecule has 0 bridgehead atoms. The number of benzene rings is 5. The third kappa shape index (κ3) is 6.49. The van der Waals surface area contributed by atoms with Crippen LogP contribution < -0.4 is 14.9 Å². The molecule has 0 radical (unpaired) electrons. The molecule has 0 aliphatic carbocycles. The van der Waals surface area contributed by atoms with Gasteiger partial charge in [0.25, 0.3) is 5.91 Å². The number of ether oxygens (including phenoxy) is 2. The molecule has 0 aromatic heterocycles. The lowest BCUT2D eigenvalue weighted by molar-refractivity contribution is -0.123. The Morgan fingerprint density at radius 3 is 2.30 bits per heavy atom. The van der Waals surface area contributed by atoms with Crippen LogP contribution in [0.5, 0.6) is 11.5 Å². The second-order valence-corrected chi connectivity index (χ2v) is 9.53. The molecule has 1 N–H and O–H groups in total. The summed E-state index contributed by atoms with van der Waals surface area (Å²) in [6, 6.07) is 33.0. The number of halogens is 2. The predicted molar refractivity (Wildman–Crippen MR) is 158 cm³/mol. The number of carbonyl (C=O) groups is 2. The van der Waals surface area contributed by atoms with E-state index in [0.29, 0.717) is 16.3 Å². The third-order valence-electron chi connectivity index (χ3n) is 6.00. The first kappa shape index (κ1) is 26.9. The summed E-state index contributed by atoms with van der Waals surface area (Å²) in [6.07, 6.45) is 1.43. The standard InChI is InChI=1S/C32H22Cl2N2O4/c33-24-13-16-27(29(34)18-24)32(38)40-30-17-12-23-8-4-5-9-26(23)28(30)19-35-36-31(37)20-39-25-14-10-22(11-15-25)21-6-2-1-3-7-21/h1-19H,20H2,(H,36,37)/b35-19-. The number of amides is 1. The fourth-order valence-corrected chi connectivity index (χ4v) is 4.52. The summed E-state index contributed by atoms with van der Waals surface area (Å²) < 4.78 is 11.3. The van der Waals surface area contributed by atoms with E-state index in [1.54, 1.807) is 12.1 Å². The van der Waals surface area contributed by atoms with Crippen LogP contribution in [0.4, 0.5) is 0 Å². The van der Waals surface area contributed by atoms with Gasteiger partial charge in [0.05, 0.1) is 16.8 Å². The molecule has 0 aliphatic rings. The van der Waals surface area contributed by atoms with E-state index in [0.717, 1.165) is 21.9 Å². The van der Waals surface area contributed by atoms with Crippen LogP contribution in [-0.4, -0.2) is 24.7 Å². The molecule has 0 unspecified atom stereocenters. The number of nitrogens with one attached hydrogen (secondary N) is 1. The summed E-state index contributed by atoms with van der Waals surface area (Å²) >= 11 is 12.1. The highest BCUT2D eigenvalue weighted by atomic mass is 35.5. The monoisotopic (exact) mass is 568 g/mol. The highest BCUT2D eigenvalue weighted by Crippen LogP contribution is 2.29. The summed E-state index contributed by atoms with van der Waals surface area (Å²) in [5, 5.41) is 6.36. The Bertz CT molecular complexity index is 1700. The third-order valence-corrected chi connectivity index (χ3v) is 6.55. The minimum Gasteiger partial charge on any atom is -0.484 e. The summed E-state index contributed by atoms with van der Waals surface area (Å²) in [7, 11) is 0. The molecule has 0 fully saturated rings. The van der Waals surface area contributed by atoms with Gasteiger partial charge in [0, 0.05) is 10.6 Å². The van der Waals surface area contributed by atoms with Crippen molar-refractivity contribution in [2.45, 2.75) is 0 Å². The Kier molecular flexibility index (Phi) is 8.40. The Labute approximate surface area is 240 Å². The molecule has 5 aromatic carbocycles. The molecule has 0 heterocycles. The number of hydrazone groups is 1. The van der Waals surface area contributed by atoms with Gasteiger partial charge < -0.3 is 9.47 Å². The van der Waals surface area contributed by atoms with Gasteiger partial charge in [-0.3, -0.25) is 4.79 Å². The lowest BCUT2D eigenvalue weighted by Gasteiger charge is -2.11. The lowest BCUT2D eigenvalue weighted by Crippen LogP contribution is -2.24. The minimum atomic E-state index is -0.651. The topological polar surface area (TPSA) is 77.0 Å². The van der Waals surface area contributed by atoms with Crippen molar-refractivity contribution in [3.8, 4) is 22.6 Å². The van der Waals surface area contributed by atoms with E-state index < -0.39 is 11.9 Å². The van der Waals surface area contributed by atoms with E-state index in [9.17, 15) is 9.59 Å². The van der Waals surface area contributed by atoms with Crippen molar-refractivity contribution in [2.75, 3.05) is 6.61 Å². The van der Waals surface area contributed by atoms with Crippen molar-refractivity contribution in [2.24, 2.45) is 5.10 Å². The van der Waals surface area contributed by atoms with Gasteiger partial charge in [-0.05, 0) is 58.3 Å². The van der Waals surface area contributed by atoms with E-state index in [2.05, 4.69) is 10.5 Å². The van der Waals surface area contributed by atoms with Gasteiger partial charge in [0.1, 0.15) is 11.5 Å². The average molecular weight is 569 g/mol. The van der Waals surface area contributed by atoms with Crippen molar-refractivity contribution < 1.29 is 19.1 Å². The van der Waals surface area contributed by atoms with E-state index in [4.69, 9.17) is 32.7 Å². The lowest BCUT2D eigenvalue weighted by atomic mass is 10.0. The van der Waals surface area contributed by atoms with Crippen molar-refractivity contribution >= 4 is 52.1 Å². The summed E-state index contributed by atoms with van der Waals surface area (Å²) in [4.78, 5) is 25.3. The first-order valence-electron chi connectivity index (χ1n) is 12.3. The van der Waals surface area contributed by atoms with Crippen molar-refractivity contribution in [3.63, 3.8) is 0 Å². The Morgan fingerprint density at radius 1 is 0.800 bits per heavy atom. The van der Waals surface area contributed by atoms with E-state index in [1.165, 1.54) is 18.3 Å². The number of hydrogen-bond acceptors (Lipinski definition) is 5. The number of nitrogens with zero attached hydrogens (tertiary/aromatic N) is 1. The molecule has 40 heavy (non-hydrogen) atoms. The van der Waals surface area contributed by atoms with Crippen LogP contribution in [0.1, 0.15) is 15.9 Å². The summed E-state index contributed by atoms with van der Waals surface area (Å²) in [5.41, 5.74) is 5.28. The largest absolute Gasteiger partial charge is 0.484 e. The van der Waals surface area contributed by atoms with Crippen molar-refractivity contribution in [1.29, 1.82) is 0 Å². The minimum absolute atomic E-state index is 0.171. The second-order valence-electron chi connectivity index (χ2n) is 8.68. The van der Waals surface area contributed by atoms with Crippen LogP contribution in [0, 0.1) is 0 Å². The van der Waals surface area contributed by atoms with Crippen LogP contribution >= 0.6 is 23.2 Å². The molecular formula is C32H22Cl2N2O4. The zero-order chi connectivity index (χ0) is 27.9. The Hall–Kier alpha value is -4.65. The number of carbonyl (C=O) groups excluding carboxylic acids is 2. The number of fused-ring (bicyclic) bond motifs is 1. The van der Waals surface area contributed by atoms with Crippen molar-refractivity contribution in [1.82, 2.24) is 5.43 Å². The van der Waals surface area contributed by atoms with Gasteiger partial charge in [-0.25, -0.2) is 10.2 Å². The zero-order valence-corrected chi connectivity index (χ0v) is 22.5. The maximum absolute atomic E-state index is 12.9. The maximum atomic E-state index is 12.9. The highest BCUT2D eigenvalue weighted by Gasteiger charge is 2.16. The van der Waals surface area contributed by atoms with Crippen LogP contribution in [-0.2, 0) is 4.79 Å². The van der Waals surface area contributed by atoms with E-state index in [-0.39, 0.29) is 22.9 Å². The van der Waals surface area contributed by atoms with E-state index in [1.807, 2.05) is 84.9 Å². The van der Waals surface area contributed by atoms with Crippen LogP contribution in [0.2, 0.25) is 10.0 Å². The quantitative estimate of drug-likeness (QED) is 0.0906. The van der Waals surface area contributed by atoms with E-state index >= 15 is 0 Å². The number of hydrogen-bond donors (Lipinski definition) is 1. The molecule has 5 aromatic rings. The maximum Gasteiger partial charge on any atom is 0.345 e. The molecule has 198 valence electrons. The Morgan fingerprint density at radius 2 is 1.52 bits per heavy atom. The predicted octanol–water partition coefficient (Wildman–Crippen LogP) is 7.56. The molecule has 8 heteroatoms. The molecule has 6 nitrogen and oxygen atoms in total. The van der Waals surface area contributed by atoms with Gasteiger partial charge in [0.15, 0.2) is 6.61 Å². The van der Waals surface area contributed by atoms with Crippen LogP contribution in [0.3, 0.4) is 0 Å². The zero-order valence-electron chi connectivity index (χ0n) is 21.0. The molecule has 0 atom stereocenters. The Balaban J connectivity index is 1.26. The SMILES string of the molecule is O=C(COc1ccc(-c2ccccc2)cc1)N/N=C\c1c(OC(=O)c2ccc(Cl)cc2Cl)ccc2ccccc12. The fourth-order valence-electron chi connectivity index (χ4n) is 4.03. The molecule has 5 rings (SSSR count). The van der Waals surface area contributed by atoms with Gasteiger partial charge in [-0.2, -0.15) is 5.10 Å². The fraction of sp³-hybridized carbons (Fsp3) is 0.0312. The van der Waals surface area contributed by atoms with Gasteiger partial charge >= 0.3 is 5.97 Å². The second kappa shape index (κ2) is 12.5. The average Bonchev–Trinajstić information content (AvgIpc) is 2.97. The van der Waals surface area contributed by atoms with Gasteiger partial charge in [0.2, 0.25) is 0 Å².